The quantitative estimate of drug-likeness (QED) is 0.509. The number of ether oxygens (including phenoxy) is 2. The molecule has 0 bridgehead atoms. The maximum absolute atomic E-state index is 15.1. The lowest BCUT2D eigenvalue weighted by atomic mass is 10.2. The number of hydrogen-bond donors (Lipinski definition) is 3. The molecule has 0 radical (unpaired) electrons. The summed E-state index contributed by atoms with van der Waals surface area (Å²) in [4.78, 5) is 31.4. The molecule has 14 heteroatoms. The second-order valence-corrected chi connectivity index (χ2v) is 8.34. The highest BCUT2D eigenvalue weighted by Crippen LogP contribution is 2.31. The van der Waals surface area contributed by atoms with Crippen LogP contribution >= 0.6 is 12.2 Å². The average Bonchev–Trinajstić information content (AvgIpc) is 3.07. The third kappa shape index (κ3) is 5.88. The van der Waals surface area contributed by atoms with E-state index in [-0.39, 0.29) is 55.8 Å². The summed E-state index contributed by atoms with van der Waals surface area (Å²) in [6.07, 6.45) is 1.81. The Morgan fingerprint density at radius 2 is 2.08 bits per heavy atom. The first kappa shape index (κ1) is 25.3. The monoisotopic (exact) mass is 521 g/mol. The van der Waals surface area contributed by atoms with Gasteiger partial charge in [-0.3, -0.25) is 14.9 Å². The number of amides is 3. The van der Waals surface area contributed by atoms with Gasteiger partial charge in [-0.05, 0) is 24.4 Å². The minimum atomic E-state index is -0.826. The zero-order valence-corrected chi connectivity index (χ0v) is 20.2. The Kier molecular flexibility index (Phi) is 7.95. The van der Waals surface area contributed by atoms with Gasteiger partial charge in [-0.2, -0.15) is 0 Å². The molecule has 2 fully saturated rings. The number of aromatic nitrogens is 1. The van der Waals surface area contributed by atoms with Gasteiger partial charge in [-0.15, -0.1) is 0 Å². The van der Waals surface area contributed by atoms with Crippen LogP contribution in [0.25, 0.3) is 0 Å². The number of thiocarbonyl (C=S) groups is 1. The highest BCUT2D eigenvalue weighted by atomic mass is 32.1. The number of rotatable bonds is 5. The molecule has 2 aliphatic heterocycles. The van der Waals surface area contributed by atoms with E-state index in [1.807, 2.05) is 0 Å². The van der Waals surface area contributed by atoms with Crippen molar-refractivity contribution in [3.05, 3.63) is 48.3 Å². The van der Waals surface area contributed by atoms with Crippen molar-refractivity contribution in [2.75, 3.05) is 61.5 Å². The highest BCUT2D eigenvalue weighted by Gasteiger charge is 2.34. The lowest BCUT2D eigenvalue weighted by Gasteiger charge is -2.25. The Morgan fingerprint density at radius 1 is 1.31 bits per heavy atom. The van der Waals surface area contributed by atoms with Crippen molar-refractivity contribution in [1.82, 2.24) is 20.7 Å². The van der Waals surface area contributed by atoms with Gasteiger partial charge in [0.2, 0.25) is 0 Å². The first-order valence-electron chi connectivity index (χ1n) is 11.1. The smallest absolute Gasteiger partial charge is 0.414 e. The number of methoxy groups -OCH3 is 1. The molecule has 11 nitrogen and oxygen atoms in total. The maximum atomic E-state index is 15.1. The van der Waals surface area contributed by atoms with Crippen molar-refractivity contribution in [2.45, 2.75) is 6.10 Å². The van der Waals surface area contributed by atoms with Gasteiger partial charge in [-0.1, -0.05) is 0 Å². The minimum Gasteiger partial charge on any atom is -0.474 e. The number of hydrazine groups is 1. The second-order valence-electron chi connectivity index (χ2n) is 7.97. The number of carbonyl (C=O) groups is 2. The Labute approximate surface area is 211 Å². The number of carbonyl (C=O) groups excluding carboxylic acids is 2. The van der Waals surface area contributed by atoms with Crippen molar-refractivity contribution >= 4 is 46.6 Å². The zero-order chi connectivity index (χ0) is 25.7. The van der Waals surface area contributed by atoms with E-state index in [4.69, 9.17) is 21.7 Å². The van der Waals surface area contributed by atoms with Gasteiger partial charge in [0.05, 0.1) is 44.3 Å². The highest BCUT2D eigenvalue weighted by molar-refractivity contribution is 7.80. The number of hydrogen-bond acceptors (Lipinski definition) is 8. The van der Waals surface area contributed by atoms with E-state index in [9.17, 15) is 9.59 Å². The van der Waals surface area contributed by atoms with Gasteiger partial charge in [-0.25, -0.2) is 23.8 Å². The number of nitrogens with zero attached hydrogens (tertiary/aromatic N) is 4. The summed E-state index contributed by atoms with van der Waals surface area (Å²) in [5, 5.41) is 6.98. The van der Waals surface area contributed by atoms with Crippen LogP contribution in [-0.2, 0) is 9.47 Å². The second kappa shape index (κ2) is 11.3. The van der Waals surface area contributed by atoms with Crippen LogP contribution in [0, 0.1) is 11.6 Å². The van der Waals surface area contributed by atoms with Crippen molar-refractivity contribution in [3.63, 3.8) is 0 Å². The molecule has 192 valence electrons. The molecular weight excluding hydrogens is 496 g/mol. The fourth-order valence-electron chi connectivity index (χ4n) is 3.87. The molecular formula is C22H25F2N7O4S. The minimum absolute atomic E-state index is 0.0426. The molecule has 2 saturated heterocycles. The number of halogens is 2. The summed E-state index contributed by atoms with van der Waals surface area (Å²) in [6.45, 7) is 1.16. The van der Waals surface area contributed by atoms with E-state index in [2.05, 4.69) is 21.0 Å². The van der Waals surface area contributed by atoms with Crippen molar-refractivity contribution in [2.24, 2.45) is 0 Å². The SMILES string of the molecule is COC(=S)NC[C@H]1CN(c2cc(F)c(N3CCNN(C(=O)Nc4cccnc4)CC3)c(F)c2)C(=O)O1. The van der Waals surface area contributed by atoms with Gasteiger partial charge in [0.25, 0.3) is 5.17 Å². The van der Waals surface area contributed by atoms with Gasteiger partial charge < -0.3 is 25.0 Å². The predicted molar refractivity (Wildman–Crippen MR) is 132 cm³/mol. The van der Waals surface area contributed by atoms with Gasteiger partial charge in [0, 0.05) is 38.0 Å². The number of cyclic esters (lactones) is 1. The fraction of sp³-hybridized carbons (Fsp3) is 0.364. The van der Waals surface area contributed by atoms with Crippen LogP contribution in [0.1, 0.15) is 0 Å². The van der Waals surface area contributed by atoms with Crippen LogP contribution in [0.5, 0.6) is 0 Å². The molecule has 0 spiro atoms. The third-order valence-electron chi connectivity index (χ3n) is 5.60. The van der Waals surface area contributed by atoms with Crippen LogP contribution in [0.3, 0.4) is 0 Å². The molecule has 1 aromatic heterocycles. The lowest BCUT2D eigenvalue weighted by molar-refractivity contribution is 0.142. The largest absolute Gasteiger partial charge is 0.474 e. The molecule has 1 aromatic carbocycles. The van der Waals surface area contributed by atoms with Crippen LogP contribution in [-0.4, -0.2) is 79.8 Å². The van der Waals surface area contributed by atoms with E-state index in [0.717, 1.165) is 17.0 Å². The van der Waals surface area contributed by atoms with Crippen LogP contribution in [0.4, 0.5) is 35.4 Å². The van der Waals surface area contributed by atoms with Crippen molar-refractivity contribution in [3.8, 4) is 0 Å². The summed E-state index contributed by atoms with van der Waals surface area (Å²) < 4.78 is 40.3. The Balaban J connectivity index is 1.40. The molecule has 1 atom stereocenters. The number of urea groups is 1. The van der Waals surface area contributed by atoms with Crippen molar-refractivity contribution < 1.29 is 27.8 Å². The Hall–Kier alpha value is -3.78. The predicted octanol–water partition coefficient (Wildman–Crippen LogP) is 2.06. The summed E-state index contributed by atoms with van der Waals surface area (Å²) in [6, 6.07) is 5.17. The number of benzene rings is 1. The number of pyridine rings is 1. The summed E-state index contributed by atoms with van der Waals surface area (Å²) in [7, 11) is 1.41. The molecule has 0 aliphatic carbocycles. The van der Waals surface area contributed by atoms with E-state index < -0.39 is 29.9 Å². The van der Waals surface area contributed by atoms with Crippen molar-refractivity contribution in [1.29, 1.82) is 0 Å². The topological polar surface area (TPSA) is 111 Å². The molecule has 2 aromatic rings. The van der Waals surface area contributed by atoms with Crippen LogP contribution < -0.4 is 25.9 Å². The van der Waals surface area contributed by atoms with Crippen LogP contribution in [0.2, 0.25) is 0 Å². The van der Waals surface area contributed by atoms with E-state index >= 15 is 8.78 Å². The first-order valence-corrected chi connectivity index (χ1v) is 11.5. The molecule has 3 N–H and O–H groups in total. The standard InChI is InChI=1S/C22H25F2N7O4S/c1-34-21(36)26-12-16-13-30(22(33)35-16)15-9-17(23)19(18(24)10-15)29-6-5-27-31(8-7-29)20(32)28-14-3-2-4-25-11-14/h2-4,9-11,16,27H,5-8,12-13H2,1H3,(H,26,36)(H,28,32)/t16-/m0/s1. The molecule has 2 aliphatic rings. The fourth-order valence-corrected chi connectivity index (χ4v) is 3.96. The molecule has 36 heavy (non-hydrogen) atoms. The van der Waals surface area contributed by atoms with E-state index in [0.29, 0.717) is 5.69 Å². The molecule has 0 unspecified atom stereocenters. The average molecular weight is 522 g/mol. The van der Waals surface area contributed by atoms with Gasteiger partial charge in [0.15, 0.2) is 11.6 Å². The third-order valence-corrected chi connectivity index (χ3v) is 5.91. The van der Waals surface area contributed by atoms with Crippen LogP contribution in [0.15, 0.2) is 36.7 Å². The molecule has 3 heterocycles. The number of anilines is 3. The Bertz CT molecular complexity index is 1100. The zero-order valence-electron chi connectivity index (χ0n) is 19.4. The first-order chi connectivity index (χ1) is 17.4. The lowest BCUT2D eigenvalue weighted by Crippen LogP contribution is -2.46. The van der Waals surface area contributed by atoms with Gasteiger partial charge >= 0.3 is 12.1 Å². The van der Waals surface area contributed by atoms with E-state index in [1.54, 1.807) is 18.3 Å². The summed E-state index contributed by atoms with van der Waals surface area (Å²) >= 11 is 4.89. The molecule has 0 saturated carbocycles. The molecule has 3 amide bonds. The number of nitrogens with one attached hydrogen (secondary N) is 3. The Morgan fingerprint density at radius 3 is 2.78 bits per heavy atom. The normalized spacial score (nSPS) is 17.9. The van der Waals surface area contributed by atoms with Gasteiger partial charge in [0.1, 0.15) is 11.8 Å². The summed E-state index contributed by atoms with van der Waals surface area (Å²) in [5.74, 6) is -1.65. The maximum Gasteiger partial charge on any atom is 0.414 e. The summed E-state index contributed by atoms with van der Waals surface area (Å²) in [5.41, 5.74) is 3.29. The van der Waals surface area contributed by atoms with E-state index in [1.165, 1.54) is 23.2 Å². The molecule has 4 rings (SSSR count).